The van der Waals surface area contributed by atoms with Gasteiger partial charge in [0.15, 0.2) is 0 Å². The first-order valence-electron chi connectivity index (χ1n) is 11.2. The van der Waals surface area contributed by atoms with Crippen molar-refractivity contribution >= 4 is 11.7 Å². The predicted molar refractivity (Wildman–Crippen MR) is 121 cm³/mol. The van der Waals surface area contributed by atoms with Crippen molar-refractivity contribution in [2.45, 2.75) is 39.2 Å². The maximum absolute atomic E-state index is 12.9. The first-order chi connectivity index (χ1) is 14.7. The number of anilines is 1. The molecule has 2 aliphatic heterocycles. The number of hydrogen-bond acceptors (Lipinski definition) is 3. The van der Waals surface area contributed by atoms with Gasteiger partial charge in [-0.25, -0.2) is 4.79 Å². The highest BCUT2D eigenvalue weighted by molar-refractivity contribution is 5.91. The highest BCUT2D eigenvalue weighted by Crippen LogP contribution is 2.28. The summed E-state index contributed by atoms with van der Waals surface area (Å²) in [6.07, 6.45) is 5.09. The summed E-state index contributed by atoms with van der Waals surface area (Å²) < 4.78 is 6.05. The van der Waals surface area contributed by atoms with Gasteiger partial charge < -0.3 is 19.9 Å². The summed E-state index contributed by atoms with van der Waals surface area (Å²) in [5.74, 6) is 1.30. The molecule has 1 N–H and O–H groups in total. The number of urea groups is 1. The van der Waals surface area contributed by atoms with Crippen LogP contribution >= 0.6 is 0 Å². The maximum Gasteiger partial charge on any atom is 0.321 e. The molecule has 2 saturated heterocycles. The monoisotopic (exact) mass is 407 g/mol. The summed E-state index contributed by atoms with van der Waals surface area (Å²) in [6.45, 7) is 7.74. The van der Waals surface area contributed by atoms with Crippen molar-refractivity contribution in [2.24, 2.45) is 5.92 Å². The average Bonchev–Trinajstić information content (AvgIpc) is 3.24. The van der Waals surface area contributed by atoms with Crippen molar-refractivity contribution < 1.29 is 9.53 Å². The number of hydrogen-bond donors (Lipinski definition) is 1. The van der Waals surface area contributed by atoms with E-state index >= 15 is 0 Å². The number of nitrogens with one attached hydrogen (secondary N) is 1. The van der Waals surface area contributed by atoms with Gasteiger partial charge in [0, 0.05) is 19.6 Å². The van der Waals surface area contributed by atoms with Gasteiger partial charge in [-0.15, -0.1) is 0 Å². The molecule has 2 aromatic carbocycles. The lowest BCUT2D eigenvalue weighted by molar-refractivity contribution is 0.192. The predicted octanol–water partition coefficient (Wildman–Crippen LogP) is 4.91. The zero-order chi connectivity index (χ0) is 20.8. The Hall–Kier alpha value is -2.53. The molecule has 2 aromatic rings. The summed E-state index contributed by atoms with van der Waals surface area (Å²) in [5, 5.41) is 3.09. The Morgan fingerprint density at radius 3 is 2.67 bits per heavy atom. The van der Waals surface area contributed by atoms with E-state index in [0.717, 1.165) is 48.6 Å². The van der Waals surface area contributed by atoms with Gasteiger partial charge in [-0.05, 0) is 68.5 Å². The van der Waals surface area contributed by atoms with E-state index in [1.807, 2.05) is 60.4 Å². The van der Waals surface area contributed by atoms with Crippen LogP contribution in [0, 0.1) is 12.8 Å². The van der Waals surface area contributed by atoms with Gasteiger partial charge in [-0.1, -0.05) is 42.8 Å². The van der Waals surface area contributed by atoms with Crippen LogP contribution in [-0.4, -0.2) is 48.6 Å². The molecule has 1 atom stereocenters. The molecule has 5 nitrogen and oxygen atoms in total. The zero-order valence-electron chi connectivity index (χ0n) is 18.0. The van der Waals surface area contributed by atoms with Crippen LogP contribution in [0.1, 0.15) is 36.8 Å². The largest absolute Gasteiger partial charge is 0.487 e. The Balaban J connectivity index is 1.33. The molecule has 0 unspecified atom stereocenters. The van der Waals surface area contributed by atoms with E-state index in [4.69, 9.17) is 4.74 Å². The summed E-state index contributed by atoms with van der Waals surface area (Å²) >= 11 is 0. The van der Waals surface area contributed by atoms with Crippen LogP contribution in [0.5, 0.6) is 5.75 Å². The molecule has 2 amide bonds. The lowest BCUT2D eigenvalue weighted by atomic mass is 10.1. The average molecular weight is 408 g/mol. The number of nitrogens with zero attached hydrogens (tertiary/aromatic N) is 2. The molecule has 30 heavy (non-hydrogen) atoms. The maximum atomic E-state index is 12.9. The minimum atomic E-state index is -0.0236. The van der Waals surface area contributed by atoms with Gasteiger partial charge in [0.2, 0.25) is 0 Å². The van der Waals surface area contributed by atoms with Crippen LogP contribution in [-0.2, 0) is 6.61 Å². The molecule has 0 spiro atoms. The number of likely N-dealkylation sites (tertiary alicyclic amines) is 2. The van der Waals surface area contributed by atoms with E-state index in [-0.39, 0.29) is 6.03 Å². The van der Waals surface area contributed by atoms with Gasteiger partial charge in [0.25, 0.3) is 0 Å². The van der Waals surface area contributed by atoms with E-state index in [9.17, 15) is 4.79 Å². The highest BCUT2D eigenvalue weighted by Gasteiger charge is 2.28. The molecular weight excluding hydrogens is 374 g/mol. The molecule has 2 fully saturated rings. The normalized spacial score (nSPS) is 19.6. The first kappa shape index (κ1) is 20.7. The van der Waals surface area contributed by atoms with Crippen LogP contribution < -0.4 is 10.1 Å². The molecule has 0 radical (unpaired) electrons. The lowest BCUT2D eigenvalue weighted by Gasteiger charge is -2.29. The second kappa shape index (κ2) is 9.98. The Morgan fingerprint density at radius 1 is 1.07 bits per heavy atom. The summed E-state index contributed by atoms with van der Waals surface area (Å²) in [7, 11) is 0. The molecule has 0 bridgehead atoms. The molecule has 2 heterocycles. The SMILES string of the molecule is Cc1ccc(NC(=O)N2CC[C@H](CN3CCCCC3)C2)c(OCc2ccccc2)c1. The quantitative estimate of drug-likeness (QED) is 0.740. The lowest BCUT2D eigenvalue weighted by Crippen LogP contribution is -2.37. The fraction of sp³-hybridized carbons (Fsp3) is 0.480. The van der Waals surface area contributed by atoms with Gasteiger partial charge in [-0.2, -0.15) is 0 Å². The molecule has 0 aliphatic carbocycles. The summed E-state index contributed by atoms with van der Waals surface area (Å²) in [6, 6.07) is 16.0. The van der Waals surface area contributed by atoms with Crippen LogP contribution in [0.4, 0.5) is 10.5 Å². The van der Waals surface area contributed by atoms with E-state index < -0.39 is 0 Å². The second-order valence-electron chi connectivity index (χ2n) is 8.67. The molecule has 160 valence electrons. The van der Waals surface area contributed by atoms with Crippen LogP contribution in [0.25, 0.3) is 0 Å². The molecule has 4 rings (SSSR count). The van der Waals surface area contributed by atoms with E-state index in [1.54, 1.807) is 0 Å². The fourth-order valence-corrected chi connectivity index (χ4v) is 4.46. The smallest absolute Gasteiger partial charge is 0.321 e. The van der Waals surface area contributed by atoms with Crippen LogP contribution in [0.15, 0.2) is 48.5 Å². The molecular formula is C25H33N3O2. The third-order valence-electron chi connectivity index (χ3n) is 6.15. The zero-order valence-corrected chi connectivity index (χ0v) is 18.0. The highest BCUT2D eigenvalue weighted by atomic mass is 16.5. The molecule has 0 saturated carbocycles. The van der Waals surface area contributed by atoms with E-state index in [1.165, 1.54) is 32.4 Å². The van der Waals surface area contributed by atoms with Crippen molar-refractivity contribution in [3.05, 3.63) is 59.7 Å². The number of carbonyl (C=O) groups excluding carboxylic acids is 1. The third kappa shape index (κ3) is 5.54. The van der Waals surface area contributed by atoms with Crippen molar-refractivity contribution in [3.63, 3.8) is 0 Å². The number of ether oxygens (including phenoxy) is 1. The standard InChI is InChI=1S/C25H33N3O2/c1-20-10-11-23(24(16-20)30-19-21-8-4-2-5-9-21)26-25(29)28-15-12-22(18-28)17-27-13-6-3-7-14-27/h2,4-5,8-11,16,22H,3,6-7,12-15,17-19H2,1H3,(H,26,29)/t22-/m1/s1. The van der Waals surface area contributed by atoms with Crippen molar-refractivity contribution in [2.75, 3.05) is 38.0 Å². The van der Waals surface area contributed by atoms with Crippen molar-refractivity contribution in [1.82, 2.24) is 9.80 Å². The first-order valence-corrected chi connectivity index (χ1v) is 11.2. The van der Waals surface area contributed by atoms with Crippen LogP contribution in [0.2, 0.25) is 0 Å². The number of amides is 2. The summed E-state index contributed by atoms with van der Waals surface area (Å²) in [4.78, 5) is 17.4. The van der Waals surface area contributed by atoms with Gasteiger partial charge in [0.1, 0.15) is 12.4 Å². The van der Waals surface area contributed by atoms with Gasteiger partial charge >= 0.3 is 6.03 Å². The van der Waals surface area contributed by atoms with E-state index in [0.29, 0.717) is 12.5 Å². The second-order valence-corrected chi connectivity index (χ2v) is 8.67. The minimum Gasteiger partial charge on any atom is -0.487 e. The van der Waals surface area contributed by atoms with Gasteiger partial charge in [0.05, 0.1) is 5.69 Å². The Labute approximate surface area is 180 Å². The van der Waals surface area contributed by atoms with E-state index in [2.05, 4.69) is 10.2 Å². The number of carbonyl (C=O) groups is 1. The number of aryl methyl sites for hydroxylation is 1. The molecule has 5 heteroatoms. The topological polar surface area (TPSA) is 44.8 Å². The minimum absolute atomic E-state index is 0.0236. The molecule has 0 aromatic heterocycles. The number of rotatable bonds is 6. The molecule has 2 aliphatic rings. The Kier molecular flexibility index (Phi) is 6.90. The van der Waals surface area contributed by atoms with Crippen LogP contribution in [0.3, 0.4) is 0 Å². The Morgan fingerprint density at radius 2 is 1.87 bits per heavy atom. The third-order valence-corrected chi connectivity index (χ3v) is 6.15. The number of benzene rings is 2. The fourth-order valence-electron chi connectivity index (χ4n) is 4.46. The summed E-state index contributed by atoms with van der Waals surface area (Å²) in [5.41, 5.74) is 2.95. The van der Waals surface area contributed by atoms with Crippen molar-refractivity contribution in [3.8, 4) is 5.75 Å². The number of piperidine rings is 1. The van der Waals surface area contributed by atoms with Gasteiger partial charge in [-0.3, -0.25) is 0 Å². The van der Waals surface area contributed by atoms with Crippen molar-refractivity contribution in [1.29, 1.82) is 0 Å². The Bertz CT molecular complexity index is 834.